The molecule has 0 fully saturated rings. The summed E-state index contributed by atoms with van der Waals surface area (Å²) in [6.07, 6.45) is 1.71. The minimum absolute atomic E-state index is 0.209. The van der Waals surface area contributed by atoms with Gasteiger partial charge >= 0.3 is 0 Å². The fraction of sp³-hybridized carbons (Fsp3) is 0.250. The number of amides is 1. The van der Waals surface area contributed by atoms with Crippen LogP contribution in [0.4, 0.5) is 5.82 Å². The Kier molecular flexibility index (Phi) is 2.14. The van der Waals surface area contributed by atoms with Crippen LogP contribution in [0.3, 0.4) is 0 Å². The quantitative estimate of drug-likeness (QED) is 0.609. The Morgan fingerprint density at radius 2 is 2.43 bits per heavy atom. The minimum atomic E-state index is -0.729. The summed E-state index contributed by atoms with van der Waals surface area (Å²) in [5.41, 5.74) is 6.18. The average molecular weight is 214 g/mol. The second-order valence-corrected chi connectivity index (χ2v) is 3.53. The number of carbonyl (C=O) groups is 1. The van der Waals surface area contributed by atoms with Gasteiger partial charge in [-0.15, -0.1) is 0 Å². The van der Waals surface area contributed by atoms with Gasteiger partial charge in [-0.2, -0.15) is 5.06 Å². The molecule has 1 aliphatic heterocycles. The number of rotatable bonds is 0. The van der Waals surface area contributed by atoms with Crippen molar-refractivity contribution in [3.05, 3.63) is 22.8 Å². The van der Waals surface area contributed by atoms with Crippen LogP contribution in [-0.2, 0) is 11.2 Å². The molecule has 0 unspecified atom stereocenters. The van der Waals surface area contributed by atoms with Crippen LogP contribution >= 0.6 is 11.6 Å². The number of aromatic nitrogens is 1. The molecule has 1 amide bonds. The third-order valence-corrected chi connectivity index (χ3v) is 2.28. The first kappa shape index (κ1) is 9.39. The molecule has 0 aromatic carbocycles. The van der Waals surface area contributed by atoms with Gasteiger partial charge in [0.15, 0.2) is 5.82 Å². The molecule has 2 heterocycles. The monoisotopic (exact) mass is 213 g/mol. The number of hydrogen-bond donors (Lipinski definition) is 2. The summed E-state index contributed by atoms with van der Waals surface area (Å²) in [6.45, 7) is 0. The highest BCUT2D eigenvalue weighted by Crippen LogP contribution is 2.25. The van der Waals surface area contributed by atoms with Gasteiger partial charge in [0.05, 0.1) is 11.1 Å². The van der Waals surface area contributed by atoms with Crippen molar-refractivity contribution in [2.45, 2.75) is 12.5 Å². The molecule has 0 spiro atoms. The number of carbonyl (C=O) groups excluding carboxylic acids is 1. The number of hydroxylamine groups is 1. The van der Waals surface area contributed by atoms with E-state index < -0.39 is 11.9 Å². The normalized spacial score (nSPS) is 20.9. The lowest BCUT2D eigenvalue weighted by Gasteiger charge is -2.26. The van der Waals surface area contributed by atoms with E-state index in [9.17, 15) is 10.0 Å². The third-order valence-electron chi connectivity index (χ3n) is 2.08. The fourth-order valence-corrected chi connectivity index (χ4v) is 1.58. The van der Waals surface area contributed by atoms with E-state index >= 15 is 0 Å². The van der Waals surface area contributed by atoms with Gasteiger partial charge in [-0.25, -0.2) is 4.98 Å². The van der Waals surface area contributed by atoms with Gasteiger partial charge in [0.25, 0.3) is 5.91 Å². The van der Waals surface area contributed by atoms with Crippen molar-refractivity contribution in [3.63, 3.8) is 0 Å². The molecule has 6 heteroatoms. The lowest BCUT2D eigenvalue weighted by atomic mass is 10.0. The zero-order valence-electron chi connectivity index (χ0n) is 7.14. The number of halogens is 1. The van der Waals surface area contributed by atoms with Crippen LogP contribution in [0.2, 0.25) is 5.02 Å². The van der Waals surface area contributed by atoms with E-state index in [2.05, 4.69) is 4.98 Å². The third kappa shape index (κ3) is 1.35. The van der Waals surface area contributed by atoms with Crippen molar-refractivity contribution in [3.8, 4) is 0 Å². The molecular formula is C8H8ClN3O2. The van der Waals surface area contributed by atoms with Gasteiger partial charge in [-0.3, -0.25) is 10.0 Å². The van der Waals surface area contributed by atoms with E-state index in [1.165, 1.54) is 6.20 Å². The highest BCUT2D eigenvalue weighted by molar-refractivity contribution is 6.30. The molecule has 0 saturated heterocycles. The SMILES string of the molecule is N[C@H]1Cc2cc(Cl)cnc2N(O)C1=O. The number of nitrogens with two attached hydrogens (primary N) is 1. The summed E-state index contributed by atoms with van der Waals surface area (Å²) in [7, 11) is 0. The van der Waals surface area contributed by atoms with Gasteiger partial charge in [0.2, 0.25) is 0 Å². The van der Waals surface area contributed by atoms with Crippen molar-refractivity contribution in [2.75, 3.05) is 5.06 Å². The molecule has 0 aliphatic carbocycles. The van der Waals surface area contributed by atoms with Crippen molar-refractivity contribution in [1.29, 1.82) is 0 Å². The maximum Gasteiger partial charge on any atom is 0.269 e. The summed E-state index contributed by atoms with van der Waals surface area (Å²) in [5, 5.41) is 10.3. The lowest BCUT2D eigenvalue weighted by molar-refractivity contribution is -0.125. The predicted octanol–water partition coefficient (Wildman–Crippen LogP) is 0.341. The predicted molar refractivity (Wildman–Crippen MR) is 50.2 cm³/mol. The molecule has 1 aliphatic rings. The maximum atomic E-state index is 11.3. The van der Waals surface area contributed by atoms with Crippen LogP contribution in [0.5, 0.6) is 0 Å². The van der Waals surface area contributed by atoms with E-state index in [1.54, 1.807) is 6.07 Å². The first-order valence-electron chi connectivity index (χ1n) is 4.02. The second kappa shape index (κ2) is 3.20. The Morgan fingerprint density at radius 1 is 1.71 bits per heavy atom. The van der Waals surface area contributed by atoms with E-state index in [-0.39, 0.29) is 5.82 Å². The molecular weight excluding hydrogens is 206 g/mol. The Labute approximate surface area is 85.1 Å². The van der Waals surface area contributed by atoms with Gasteiger partial charge in [-0.1, -0.05) is 11.6 Å². The Morgan fingerprint density at radius 3 is 3.14 bits per heavy atom. The Balaban J connectivity index is 2.50. The molecule has 5 nitrogen and oxygen atoms in total. The highest BCUT2D eigenvalue weighted by Gasteiger charge is 2.30. The standard InChI is InChI=1S/C8H8ClN3O2/c9-5-1-4-2-6(10)8(13)12(14)7(4)11-3-5/h1,3,6,14H,2,10H2/t6-/m0/s1. The maximum absolute atomic E-state index is 11.3. The first-order valence-corrected chi connectivity index (χ1v) is 4.40. The van der Waals surface area contributed by atoms with Crippen molar-refractivity contribution in [1.82, 2.24) is 4.98 Å². The first-order chi connectivity index (χ1) is 6.59. The molecule has 0 radical (unpaired) electrons. The van der Waals surface area contributed by atoms with Crippen molar-refractivity contribution < 1.29 is 10.0 Å². The van der Waals surface area contributed by atoms with Crippen LogP contribution in [0, 0.1) is 0 Å². The summed E-state index contributed by atoms with van der Waals surface area (Å²) in [6, 6.07) is 0.909. The van der Waals surface area contributed by atoms with Crippen molar-refractivity contribution in [2.24, 2.45) is 5.73 Å². The number of hydrogen-bond acceptors (Lipinski definition) is 4. The number of fused-ring (bicyclic) bond motifs is 1. The van der Waals surface area contributed by atoms with Gasteiger partial charge in [0.1, 0.15) is 0 Å². The lowest BCUT2D eigenvalue weighted by Crippen LogP contribution is -2.47. The molecule has 3 N–H and O–H groups in total. The van der Waals surface area contributed by atoms with E-state index in [1.807, 2.05) is 0 Å². The zero-order valence-corrected chi connectivity index (χ0v) is 7.90. The summed E-state index contributed by atoms with van der Waals surface area (Å²) in [5.74, 6) is -0.339. The summed E-state index contributed by atoms with van der Waals surface area (Å²) >= 11 is 5.72. The van der Waals surface area contributed by atoms with Crippen LogP contribution in [0.25, 0.3) is 0 Å². The van der Waals surface area contributed by atoms with E-state index in [0.717, 1.165) is 0 Å². The number of anilines is 1. The Bertz CT molecular complexity index is 396. The van der Waals surface area contributed by atoms with Crippen LogP contribution in [-0.4, -0.2) is 22.1 Å². The largest absolute Gasteiger partial charge is 0.320 e. The number of pyridine rings is 1. The Hall–Kier alpha value is -1.17. The molecule has 74 valence electrons. The minimum Gasteiger partial charge on any atom is -0.320 e. The number of nitrogens with zero attached hydrogens (tertiary/aromatic N) is 2. The molecule has 14 heavy (non-hydrogen) atoms. The van der Waals surface area contributed by atoms with E-state index in [4.69, 9.17) is 17.3 Å². The molecule has 0 saturated carbocycles. The average Bonchev–Trinajstić information content (AvgIpc) is 2.14. The van der Waals surface area contributed by atoms with Gasteiger partial charge in [0, 0.05) is 18.2 Å². The molecule has 1 aromatic heterocycles. The summed E-state index contributed by atoms with van der Waals surface area (Å²) in [4.78, 5) is 15.1. The fourth-order valence-electron chi connectivity index (χ4n) is 1.40. The van der Waals surface area contributed by atoms with Gasteiger partial charge in [-0.05, 0) is 6.07 Å². The highest BCUT2D eigenvalue weighted by atomic mass is 35.5. The zero-order chi connectivity index (χ0) is 10.3. The second-order valence-electron chi connectivity index (χ2n) is 3.10. The molecule has 2 rings (SSSR count). The smallest absolute Gasteiger partial charge is 0.269 e. The van der Waals surface area contributed by atoms with E-state index in [0.29, 0.717) is 22.1 Å². The molecule has 1 atom stereocenters. The van der Waals surface area contributed by atoms with Crippen LogP contribution in [0.15, 0.2) is 12.3 Å². The van der Waals surface area contributed by atoms with Crippen LogP contribution in [0.1, 0.15) is 5.56 Å². The topological polar surface area (TPSA) is 79.4 Å². The summed E-state index contributed by atoms with van der Waals surface area (Å²) < 4.78 is 0. The van der Waals surface area contributed by atoms with Crippen LogP contribution < -0.4 is 10.8 Å². The molecule has 0 bridgehead atoms. The molecule has 1 aromatic rings. The van der Waals surface area contributed by atoms with Gasteiger partial charge < -0.3 is 5.73 Å². The van der Waals surface area contributed by atoms with Crippen molar-refractivity contribution >= 4 is 23.3 Å².